The zero-order chi connectivity index (χ0) is 18.8. The molecule has 140 valence electrons. The number of hydrogen-bond donors (Lipinski definition) is 0. The molecule has 0 N–H and O–H groups in total. The van der Waals surface area contributed by atoms with Crippen molar-refractivity contribution in [3.05, 3.63) is 21.4 Å². The van der Waals surface area contributed by atoms with Gasteiger partial charge in [-0.2, -0.15) is 0 Å². The number of nitrogens with zero attached hydrogens (tertiary/aromatic N) is 2. The molecule has 1 aromatic rings. The molecule has 5 nitrogen and oxygen atoms in total. The Morgan fingerprint density at radius 1 is 1.28 bits per heavy atom. The number of rotatable bonds is 5. The predicted molar refractivity (Wildman–Crippen MR) is 103 cm³/mol. The Kier molecular flexibility index (Phi) is 6.49. The van der Waals surface area contributed by atoms with Crippen molar-refractivity contribution < 1.29 is 14.3 Å². The fraction of sp³-hybridized carbons (Fsp3) is 0.684. The first kappa shape index (κ1) is 20.2. The van der Waals surface area contributed by atoms with Crippen LogP contribution in [0, 0.1) is 13.8 Å². The average Bonchev–Trinajstić information content (AvgIpc) is 2.53. The number of ether oxygens (including phenoxy) is 2. The molecule has 1 aliphatic rings. The molecule has 2 heterocycles. The smallest absolute Gasteiger partial charge is 0.310 e. The van der Waals surface area contributed by atoms with E-state index in [9.17, 15) is 4.79 Å². The maximum Gasteiger partial charge on any atom is 0.310 e. The topological polar surface area (TPSA) is 51.7 Å². The quantitative estimate of drug-likeness (QED) is 0.684. The molecule has 0 radical (unpaired) electrons. The monoisotopic (exact) mass is 412 g/mol. The van der Waals surface area contributed by atoms with Crippen LogP contribution in [-0.2, 0) is 20.7 Å². The van der Waals surface area contributed by atoms with Gasteiger partial charge in [-0.05, 0) is 63.4 Å². The van der Waals surface area contributed by atoms with E-state index in [2.05, 4.69) is 32.7 Å². The van der Waals surface area contributed by atoms with E-state index in [1.54, 1.807) is 7.11 Å². The van der Waals surface area contributed by atoms with E-state index in [-0.39, 0.29) is 24.1 Å². The Hall–Kier alpha value is -1.14. The lowest BCUT2D eigenvalue weighted by Crippen LogP contribution is -2.44. The van der Waals surface area contributed by atoms with Gasteiger partial charge in [0.2, 0.25) is 0 Å². The van der Waals surface area contributed by atoms with Gasteiger partial charge in [0.15, 0.2) is 0 Å². The molecular formula is C19H29BrN2O3. The highest BCUT2D eigenvalue weighted by atomic mass is 79.9. The van der Waals surface area contributed by atoms with Crippen molar-refractivity contribution in [3.8, 4) is 0 Å². The van der Waals surface area contributed by atoms with E-state index in [4.69, 9.17) is 9.47 Å². The normalized spacial score (nSPS) is 17.0. The van der Waals surface area contributed by atoms with Crippen molar-refractivity contribution >= 4 is 27.6 Å². The largest absolute Gasteiger partial charge is 0.463 e. The average molecular weight is 413 g/mol. The fourth-order valence-electron chi connectivity index (χ4n) is 3.24. The van der Waals surface area contributed by atoms with E-state index in [0.717, 1.165) is 53.0 Å². The highest BCUT2D eigenvalue weighted by Crippen LogP contribution is 2.38. The Balaban J connectivity index is 2.34. The molecule has 6 heteroatoms. The molecule has 0 spiro atoms. The van der Waals surface area contributed by atoms with Crippen molar-refractivity contribution in [2.45, 2.75) is 65.6 Å². The number of halogens is 1. The van der Waals surface area contributed by atoms with Gasteiger partial charge in [0.25, 0.3) is 0 Å². The molecule has 0 unspecified atom stereocenters. The third-order valence-corrected chi connectivity index (χ3v) is 5.85. The Bertz CT molecular complexity index is 638. The summed E-state index contributed by atoms with van der Waals surface area (Å²) in [6.07, 6.45) is 2.03. The maximum atomic E-state index is 12.3. The number of anilines is 1. The van der Waals surface area contributed by atoms with E-state index < -0.39 is 0 Å². The molecule has 25 heavy (non-hydrogen) atoms. The molecule has 1 aliphatic heterocycles. The number of carbonyl (C=O) groups excluding carboxylic acids is 1. The summed E-state index contributed by atoms with van der Waals surface area (Å²) in [6, 6.07) is 0. The second-order valence-electron chi connectivity index (χ2n) is 7.28. The van der Waals surface area contributed by atoms with E-state index in [1.165, 1.54) is 0 Å². The van der Waals surface area contributed by atoms with Gasteiger partial charge in [0.05, 0.1) is 34.0 Å². The first-order chi connectivity index (χ1) is 11.7. The van der Waals surface area contributed by atoms with Crippen LogP contribution in [0.25, 0.3) is 0 Å². The van der Waals surface area contributed by atoms with E-state index in [0.29, 0.717) is 0 Å². The first-order valence-electron chi connectivity index (χ1n) is 8.82. The maximum absolute atomic E-state index is 12.3. The summed E-state index contributed by atoms with van der Waals surface area (Å²) in [4.78, 5) is 19.2. The molecule has 1 fully saturated rings. The van der Waals surface area contributed by atoms with Crippen LogP contribution in [0.15, 0.2) is 4.47 Å². The second-order valence-corrected chi connectivity index (χ2v) is 8.07. The molecule has 0 aromatic carbocycles. The van der Waals surface area contributed by atoms with E-state index in [1.807, 2.05) is 27.7 Å². The summed E-state index contributed by atoms with van der Waals surface area (Å²) in [5.41, 5.74) is 3.77. The Morgan fingerprint density at radius 2 is 1.88 bits per heavy atom. The summed E-state index contributed by atoms with van der Waals surface area (Å²) in [6.45, 7) is 11.6. The SMILES string of the molecule is COC1(C)CCN(c2c(Br)c(C)nc(C)c2CC(=O)OC(C)C)CC1. The highest BCUT2D eigenvalue weighted by molar-refractivity contribution is 9.10. The number of hydrogen-bond acceptors (Lipinski definition) is 5. The number of piperidine rings is 1. The molecule has 0 amide bonds. The molecule has 2 rings (SSSR count). The van der Waals surface area contributed by atoms with Gasteiger partial charge in [0.1, 0.15) is 0 Å². The van der Waals surface area contributed by atoms with Crippen molar-refractivity contribution in [3.63, 3.8) is 0 Å². The third kappa shape index (κ3) is 4.73. The van der Waals surface area contributed by atoms with Crippen LogP contribution in [0.4, 0.5) is 5.69 Å². The number of esters is 1. The highest BCUT2D eigenvalue weighted by Gasteiger charge is 2.32. The summed E-state index contributed by atoms with van der Waals surface area (Å²) in [5, 5.41) is 0. The Labute approximate surface area is 159 Å². The predicted octanol–water partition coefficient (Wildman–Crippen LogP) is 3.96. The summed E-state index contributed by atoms with van der Waals surface area (Å²) < 4.78 is 12.0. The molecule has 1 aromatic heterocycles. The standard InChI is InChI=1S/C19H29BrN2O3/c1-12(2)25-16(23)11-15-13(3)21-14(4)17(20)18(15)22-9-7-19(5,24-6)8-10-22/h12H,7-11H2,1-6H3. The van der Waals surface area contributed by atoms with Gasteiger partial charge in [-0.3, -0.25) is 9.78 Å². The number of carbonyl (C=O) groups is 1. The van der Waals surface area contributed by atoms with Gasteiger partial charge in [0, 0.05) is 31.5 Å². The lowest BCUT2D eigenvalue weighted by Gasteiger charge is -2.40. The third-order valence-electron chi connectivity index (χ3n) is 4.90. The molecule has 1 saturated heterocycles. The van der Waals surface area contributed by atoms with Gasteiger partial charge in [-0.25, -0.2) is 0 Å². The number of pyridine rings is 1. The summed E-state index contributed by atoms with van der Waals surface area (Å²) in [7, 11) is 1.78. The minimum atomic E-state index is -0.212. The van der Waals surface area contributed by atoms with Crippen LogP contribution in [0.5, 0.6) is 0 Å². The lowest BCUT2D eigenvalue weighted by molar-refractivity contribution is -0.146. The number of aromatic nitrogens is 1. The van der Waals surface area contributed by atoms with Crippen molar-refractivity contribution in [2.75, 3.05) is 25.1 Å². The molecule has 0 bridgehead atoms. The molecule has 0 atom stereocenters. The molecular weight excluding hydrogens is 384 g/mol. The van der Waals surface area contributed by atoms with Gasteiger partial charge in [-0.1, -0.05) is 0 Å². The van der Waals surface area contributed by atoms with Crippen LogP contribution in [0.3, 0.4) is 0 Å². The van der Waals surface area contributed by atoms with Crippen molar-refractivity contribution in [1.29, 1.82) is 0 Å². The lowest BCUT2D eigenvalue weighted by atomic mass is 9.92. The minimum absolute atomic E-state index is 0.0726. The second kappa shape index (κ2) is 8.04. The molecule has 0 aliphatic carbocycles. The summed E-state index contributed by atoms with van der Waals surface area (Å²) >= 11 is 3.70. The van der Waals surface area contributed by atoms with Crippen LogP contribution in [0.1, 0.15) is 50.6 Å². The summed E-state index contributed by atoms with van der Waals surface area (Å²) in [5.74, 6) is -0.212. The van der Waals surface area contributed by atoms with Crippen LogP contribution >= 0.6 is 15.9 Å². The molecule has 0 saturated carbocycles. The van der Waals surface area contributed by atoms with Gasteiger partial charge in [-0.15, -0.1) is 0 Å². The van der Waals surface area contributed by atoms with Crippen LogP contribution < -0.4 is 4.90 Å². The van der Waals surface area contributed by atoms with Gasteiger partial charge >= 0.3 is 5.97 Å². The minimum Gasteiger partial charge on any atom is -0.463 e. The zero-order valence-electron chi connectivity index (χ0n) is 16.1. The first-order valence-corrected chi connectivity index (χ1v) is 9.61. The number of methoxy groups -OCH3 is 1. The van der Waals surface area contributed by atoms with Crippen molar-refractivity contribution in [2.24, 2.45) is 0 Å². The van der Waals surface area contributed by atoms with Crippen LogP contribution in [0.2, 0.25) is 0 Å². The van der Waals surface area contributed by atoms with E-state index >= 15 is 0 Å². The number of aryl methyl sites for hydroxylation is 2. The Morgan fingerprint density at radius 3 is 2.40 bits per heavy atom. The fourth-order valence-corrected chi connectivity index (χ4v) is 3.82. The van der Waals surface area contributed by atoms with Crippen molar-refractivity contribution in [1.82, 2.24) is 4.98 Å². The zero-order valence-corrected chi connectivity index (χ0v) is 17.7. The van der Waals surface area contributed by atoms with Gasteiger partial charge < -0.3 is 14.4 Å². The van der Waals surface area contributed by atoms with Crippen LogP contribution in [-0.4, -0.2) is 42.9 Å².